The van der Waals surface area contributed by atoms with Crippen molar-refractivity contribution >= 4 is 28.2 Å². The van der Waals surface area contributed by atoms with Crippen molar-refractivity contribution in [3.63, 3.8) is 0 Å². The predicted octanol–water partition coefficient (Wildman–Crippen LogP) is 3.21. The Labute approximate surface area is 77.9 Å². The highest BCUT2D eigenvalue weighted by Gasteiger charge is 1.99. The van der Waals surface area contributed by atoms with Crippen LogP contribution < -0.4 is 4.18 Å². The van der Waals surface area contributed by atoms with E-state index in [1.54, 1.807) is 0 Å². The van der Waals surface area contributed by atoms with Gasteiger partial charge < -0.3 is 4.18 Å². The Kier molecular flexibility index (Phi) is 3.37. The highest BCUT2D eigenvalue weighted by Crippen LogP contribution is 2.18. The number of hydrogen-bond acceptors (Lipinski definition) is 3. The maximum Gasteiger partial charge on any atom is 0.318 e. The number of rotatable bonds is 2. The van der Waals surface area contributed by atoms with Crippen LogP contribution in [0.3, 0.4) is 0 Å². The number of carbonyl (C=O) groups is 1. The van der Waals surface area contributed by atoms with Gasteiger partial charge in [0.05, 0.1) is 0 Å². The molecule has 1 rings (SSSR count). The molecule has 0 N–H and O–H groups in total. The topological polar surface area (TPSA) is 26.3 Å². The Morgan fingerprint density at radius 3 is 2.50 bits per heavy atom. The Morgan fingerprint density at radius 2 is 2.00 bits per heavy atom. The zero-order valence-electron chi connectivity index (χ0n) is 5.79. The maximum atomic E-state index is 12.3. The van der Waals surface area contributed by atoms with Crippen LogP contribution in [0.4, 0.5) is 9.18 Å². The summed E-state index contributed by atoms with van der Waals surface area (Å²) < 4.78 is 16.5. The molecule has 0 saturated carbocycles. The van der Waals surface area contributed by atoms with Gasteiger partial charge in [-0.1, -0.05) is 0 Å². The molecule has 0 atom stereocenters. The average molecular weight is 207 g/mol. The summed E-state index contributed by atoms with van der Waals surface area (Å²) in [4.78, 5) is 10.2. The van der Waals surface area contributed by atoms with E-state index in [1.165, 1.54) is 24.3 Å². The lowest BCUT2D eigenvalue weighted by atomic mass is 10.3. The van der Waals surface area contributed by atoms with Crippen LogP contribution in [0.25, 0.3) is 0 Å². The highest BCUT2D eigenvalue weighted by atomic mass is 35.5. The van der Waals surface area contributed by atoms with Gasteiger partial charge in [0.25, 0.3) is 0 Å². The summed E-state index contributed by atoms with van der Waals surface area (Å²) in [5.74, 6) is 0.0277. The monoisotopic (exact) mass is 206 g/mol. The third kappa shape index (κ3) is 3.11. The third-order valence-corrected chi connectivity index (χ3v) is 1.61. The Hall–Kier alpha value is -0.740. The van der Waals surface area contributed by atoms with Crippen molar-refractivity contribution in [2.24, 2.45) is 0 Å². The number of benzene rings is 1. The molecular weight excluding hydrogens is 203 g/mol. The zero-order valence-corrected chi connectivity index (χ0v) is 7.36. The lowest BCUT2D eigenvalue weighted by Gasteiger charge is -1.98. The number of halogens is 2. The minimum Gasteiger partial charge on any atom is -0.416 e. The van der Waals surface area contributed by atoms with Gasteiger partial charge in [-0.25, -0.2) is 4.39 Å². The van der Waals surface area contributed by atoms with Crippen LogP contribution in [-0.4, -0.2) is 4.57 Å². The molecular formula is C7H4ClFO2S. The van der Waals surface area contributed by atoms with Gasteiger partial charge in [-0.2, -0.15) is 0 Å². The fourth-order valence-electron chi connectivity index (χ4n) is 0.571. The third-order valence-electron chi connectivity index (χ3n) is 1.02. The average Bonchev–Trinajstić information content (AvgIpc) is 2.03. The van der Waals surface area contributed by atoms with E-state index in [9.17, 15) is 9.18 Å². The predicted molar refractivity (Wildman–Crippen MR) is 45.9 cm³/mol. The molecule has 5 heteroatoms. The molecule has 0 aliphatic rings. The minimum absolute atomic E-state index is 0.357. The van der Waals surface area contributed by atoms with E-state index in [4.69, 9.17) is 15.8 Å². The van der Waals surface area contributed by atoms with Crippen LogP contribution in [0.5, 0.6) is 5.75 Å². The van der Waals surface area contributed by atoms with Crippen molar-refractivity contribution < 1.29 is 13.4 Å². The zero-order chi connectivity index (χ0) is 8.97. The summed E-state index contributed by atoms with van der Waals surface area (Å²) in [7, 11) is 0. The first-order valence-electron chi connectivity index (χ1n) is 2.98. The van der Waals surface area contributed by atoms with Crippen LogP contribution in [-0.2, 0) is 0 Å². The molecule has 0 spiro atoms. The molecule has 0 aromatic heterocycles. The summed E-state index contributed by atoms with van der Waals surface area (Å²) in [5, 5.41) is 0. The first-order valence-corrected chi connectivity index (χ1v) is 4.10. The van der Waals surface area contributed by atoms with Crippen molar-refractivity contribution in [2.45, 2.75) is 0 Å². The largest absolute Gasteiger partial charge is 0.416 e. The number of hydrogen-bond donors (Lipinski definition) is 0. The Morgan fingerprint density at radius 1 is 1.42 bits per heavy atom. The smallest absolute Gasteiger partial charge is 0.318 e. The van der Waals surface area contributed by atoms with Gasteiger partial charge in [0.1, 0.15) is 23.6 Å². The van der Waals surface area contributed by atoms with E-state index in [0.717, 1.165) is 0 Å². The standard InChI is InChI=1S/C7H4ClFO2S/c8-7(10)12-11-6-3-1-5(9)2-4-6/h1-4H. The molecule has 0 amide bonds. The highest BCUT2D eigenvalue weighted by molar-refractivity contribution is 8.12. The van der Waals surface area contributed by atoms with Gasteiger partial charge in [0.15, 0.2) is 0 Å². The van der Waals surface area contributed by atoms with Gasteiger partial charge in [-0.05, 0) is 35.9 Å². The molecule has 0 heterocycles. The Bertz CT molecular complexity index is 275. The summed E-state index contributed by atoms with van der Waals surface area (Å²) in [6, 6.07) is 5.27. The van der Waals surface area contributed by atoms with E-state index in [0.29, 0.717) is 17.8 Å². The van der Waals surface area contributed by atoms with Crippen molar-refractivity contribution in [3.8, 4) is 5.75 Å². The van der Waals surface area contributed by atoms with Gasteiger partial charge in [0, 0.05) is 0 Å². The second-order valence-electron chi connectivity index (χ2n) is 1.86. The van der Waals surface area contributed by atoms with Crippen molar-refractivity contribution in [2.75, 3.05) is 0 Å². The summed E-state index contributed by atoms with van der Waals surface area (Å²) in [6.45, 7) is 0. The van der Waals surface area contributed by atoms with Crippen LogP contribution in [0.15, 0.2) is 24.3 Å². The van der Waals surface area contributed by atoms with Crippen LogP contribution in [0.2, 0.25) is 0 Å². The van der Waals surface area contributed by atoms with E-state index in [1.807, 2.05) is 0 Å². The van der Waals surface area contributed by atoms with Gasteiger partial charge in [-0.3, -0.25) is 4.79 Å². The number of carbonyl (C=O) groups excluding carboxylic acids is 1. The maximum absolute atomic E-state index is 12.3. The fraction of sp³-hybridized carbons (Fsp3) is 0. The molecule has 0 aliphatic carbocycles. The van der Waals surface area contributed by atoms with Crippen molar-refractivity contribution in [3.05, 3.63) is 30.1 Å². The molecule has 1 aromatic carbocycles. The van der Waals surface area contributed by atoms with Gasteiger partial charge >= 0.3 is 4.57 Å². The lowest BCUT2D eigenvalue weighted by molar-refractivity contribution is 0.275. The summed E-state index contributed by atoms with van der Waals surface area (Å²) >= 11 is 5.48. The van der Waals surface area contributed by atoms with E-state index >= 15 is 0 Å². The second-order valence-corrected chi connectivity index (χ2v) is 3.13. The van der Waals surface area contributed by atoms with Gasteiger partial charge in [-0.15, -0.1) is 0 Å². The molecule has 0 fully saturated rings. The van der Waals surface area contributed by atoms with E-state index in [2.05, 4.69) is 0 Å². The minimum atomic E-state index is -0.667. The van der Waals surface area contributed by atoms with Crippen molar-refractivity contribution in [1.29, 1.82) is 0 Å². The van der Waals surface area contributed by atoms with Crippen molar-refractivity contribution in [1.82, 2.24) is 0 Å². The van der Waals surface area contributed by atoms with Crippen LogP contribution >= 0.6 is 23.6 Å². The first kappa shape index (κ1) is 9.35. The van der Waals surface area contributed by atoms with E-state index in [-0.39, 0.29) is 5.82 Å². The fourth-order valence-corrected chi connectivity index (χ4v) is 0.938. The molecule has 0 aliphatic heterocycles. The van der Waals surface area contributed by atoms with Crippen LogP contribution in [0, 0.1) is 5.82 Å². The quantitative estimate of drug-likeness (QED) is 0.549. The molecule has 12 heavy (non-hydrogen) atoms. The summed E-state index contributed by atoms with van der Waals surface area (Å²) in [5.41, 5.74) is 0. The molecule has 0 saturated heterocycles. The molecule has 2 nitrogen and oxygen atoms in total. The SMILES string of the molecule is O=C(Cl)SOc1ccc(F)cc1. The summed E-state index contributed by atoms with van der Waals surface area (Å²) in [6.07, 6.45) is 0. The van der Waals surface area contributed by atoms with E-state index < -0.39 is 4.57 Å². The van der Waals surface area contributed by atoms with Crippen LogP contribution in [0.1, 0.15) is 0 Å². The van der Waals surface area contributed by atoms with Gasteiger partial charge in [0.2, 0.25) is 0 Å². The second kappa shape index (κ2) is 4.33. The normalized spacial score (nSPS) is 9.50. The molecule has 0 radical (unpaired) electrons. The molecule has 0 unspecified atom stereocenters. The molecule has 1 aromatic rings. The molecule has 64 valence electrons. The lowest BCUT2D eigenvalue weighted by Crippen LogP contribution is -1.84. The Balaban J connectivity index is 2.53. The molecule has 0 bridgehead atoms. The first-order chi connectivity index (χ1) is 5.68.